The normalized spacial score (nSPS) is 9.29. The summed E-state index contributed by atoms with van der Waals surface area (Å²) in [4.78, 5) is 10.4. The number of hydrogen-bond donors (Lipinski definition) is 1. The summed E-state index contributed by atoms with van der Waals surface area (Å²) in [5.74, 6) is 0.388. The Bertz CT molecular complexity index is 245. The summed E-state index contributed by atoms with van der Waals surface area (Å²) in [6.45, 7) is 11.9. The van der Waals surface area contributed by atoms with Gasteiger partial charge in [-0.3, -0.25) is 4.79 Å². The van der Waals surface area contributed by atoms with Crippen molar-refractivity contribution >= 4 is 5.91 Å². The average Bonchev–Trinajstić information content (AvgIpc) is 2.33. The van der Waals surface area contributed by atoms with Crippen molar-refractivity contribution in [2.24, 2.45) is 5.73 Å². The number of carbonyl (C=O) groups is 1. The second-order valence-corrected chi connectivity index (χ2v) is 3.19. The number of nitrogens with two attached hydrogens (primary N) is 1. The lowest BCUT2D eigenvalue weighted by Crippen LogP contribution is -2.09. The Morgan fingerprint density at radius 1 is 1.29 bits per heavy atom. The van der Waals surface area contributed by atoms with Crippen molar-refractivity contribution in [2.45, 2.75) is 39.5 Å². The fraction of sp³-hybridized carbons (Fsp3) is 0.500. The second-order valence-electron chi connectivity index (χ2n) is 3.19. The van der Waals surface area contributed by atoms with Crippen molar-refractivity contribution in [3.63, 3.8) is 0 Å². The maximum Gasteiger partial charge on any atom is 0.217 e. The van der Waals surface area contributed by atoms with Crippen LogP contribution in [0.25, 0.3) is 0 Å². The number of unbranched alkanes of at least 4 members (excludes halogenated alkanes) is 2. The molecule has 2 N–H and O–H groups in total. The van der Waals surface area contributed by atoms with Crippen molar-refractivity contribution in [1.82, 2.24) is 0 Å². The minimum absolute atomic E-state index is 0.241. The number of hydrogen-bond acceptors (Lipinski definition) is 2. The predicted molar refractivity (Wildman–Crippen MR) is 73.4 cm³/mol. The summed E-state index contributed by atoms with van der Waals surface area (Å²) in [7, 11) is 0. The summed E-state index contributed by atoms with van der Waals surface area (Å²) in [5.41, 5.74) is 5.01. The molecule has 3 heteroatoms. The van der Waals surface area contributed by atoms with Gasteiger partial charge in [0, 0.05) is 6.42 Å². The molecule has 1 amide bonds. The van der Waals surface area contributed by atoms with E-state index in [0.717, 1.165) is 19.3 Å². The predicted octanol–water partition coefficient (Wildman–Crippen LogP) is 3.33. The van der Waals surface area contributed by atoms with E-state index >= 15 is 0 Å². The van der Waals surface area contributed by atoms with Crippen molar-refractivity contribution in [3.8, 4) is 0 Å². The highest BCUT2D eigenvalue weighted by Crippen LogP contribution is 2.02. The molecule has 17 heavy (non-hydrogen) atoms. The molecule has 0 aliphatic carbocycles. The van der Waals surface area contributed by atoms with Gasteiger partial charge in [0.1, 0.15) is 5.76 Å². The fourth-order valence-electron chi connectivity index (χ4n) is 1.00. The molecule has 0 saturated carbocycles. The van der Waals surface area contributed by atoms with Gasteiger partial charge in [-0.2, -0.15) is 0 Å². The van der Waals surface area contributed by atoms with Crippen LogP contribution in [-0.4, -0.2) is 12.5 Å². The Hall–Kier alpha value is -1.51. The lowest BCUT2D eigenvalue weighted by atomic mass is 10.2. The third-order valence-corrected chi connectivity index (χ3v) is 1.77. The number of amides is 1. The van der Waals surface area contributed by atoms with Crippen molar-refractivity contribution < 1.29 is 9.53 Å². The Morgan fingerprint density at radius 3 is 2.47 bits per heavy atom. The zero-order chi connectivity index (χ0) is 13.5. The van der Waals surface area contributed by atoms with E-state index in [-0.39, 0.29) is 5.91 Å². The van der Waals surface area contributed by atoms with Crippen molar-refractivity contribution in [1.29, 1.82) is 0 Å². The van der Waals surface area contributed by atoms with Crippen molar-refractivity contribution in [2.75, 3.05) is 6.61 Å². The molecule has 0 fully saturated rings. The second kappa shape index (κ2) is 14.5. The van der Waals surface area contributed by atoms with Gasteiger partial charge in [-0.25, -0.2) is 0 Å². The number of allylic oxidation sites excluding steroid dienone is 3. The molecule has 0 radical (unpaired) electrons. The molecular weight excluding hydrogens is 214 g/mol. The van der Waals surface area contributed by atoms with E-state index in [1.807, 2.05) is 13.8 Å². The minimum atomic E-state index is -0.241. The molecule has 0 rings (SSSR count). The monoisotopic (exact) mass is 239 g/mol. The van der Waals surface area contributed by atoms with Crippen LogP contribution in [0, 0.1) is 0 Å². The van der Waals surface area contributed by atoms with Gasteiger partial charge >= 0.3 is 0 Å². The van der Waals surface area contributed by atoms with Gasteiger partial charge in [0.05, 0.1) is 6.61 Å². The van der Waals surface area contributed by atoms with Crippen LogP contribution in [0.15, 0.2) is 37.1 Å². The van der Waals surface area contributed by atoms with E-state index in [9.17, 15) is 4.79 Å². The van der Waals surface area contributed by atoms with E-state index in [1.54, 1.807) is 18.2 Å². The van der Waals surface area contributed by atoms with Crippen LogP contribution in [0.5, 0.6) is 0 Å². The molecule has 0 unspecified atom stereocenters. The highest BCUT2D eigenvalue weighted by molar-refractivity contribution is 5.73. The average molecular weight is 239 g/mol. The molecule has 0 aliphatic heterocycles. The molecule has 0 saturated heterocycles. The first-order valence-electron chi connectivity index (χ1n) is 6.06. The van der Waals surface area contributed by atoms with Crippen LogP contribution in [0.2, 0.25) is 0 Å². The van der Waals surface area contributed by atoms with E-state index < -0.39 is 0 Å². The van der Waals surface area contributed by atoms with Crippen LogP contribution in [0.3, 0.4) is 0 Å². The third-order valence-electron chi connectivity index (χ3n) is 1.77. The quantitative estimate of drug-likeness (QED) is 0.381. The Morgan fingerprint density at radius 2 is 1.94 bits per heavy atom. The third kappa shape index (κ3) is 17.1. The van der Waals surface area contributed by atoms with Crippen LogP contribution in [0.1, 0.15) is 39.5 Å². The van der Waals surface area contributed by atoms with Gasteiger partial charge in [0.2, 0.25) is 5.91 Å². The zero-order valence-electron chi connectivity index (χ0n) is 11.1. The summed E-state index contributed by atoms with van der Waals surface area (Å²) < 4.78 is 5.31. The molecule has 0 aromatic carbocycles. The molecular formula is C14H25NO2. The zero-order valence-corrected chi connectivity index (χ0v) is 11.1. The lowest BCUT2D eigenvalue weighted by molar-refractivity contribution is -0.118. The molecule has 0 atom stereocenters. The van der Waals surface area contributed by atoms with Crippen LogP contribution < -0.4 is 5.73 Å². The Labute approximate surface area is 105 Å². The molecule has 0 spiro atoms. The van der Waals surface area contributed by atoms with E-state index in [0.29, 0.717) is 18.8 Å². The summed E-state index contributed by atoms with van der Waals surface area (Å²) in [5, 5.41) is 0. The summed E-state index contributed by atoms with van der Waals surface area (Å²) in [6, 6.07) is 0. The maximum absolute atomic E-state index is 10.4. The smallest absolute Gasteiger partial charge is 0.217 e. The molecule has 0 bridgehead atoms. The van der Waals surface area contributed by atoms with Gasteiger partial charge in [0.15, 0.2) is 0 Å². The van der Waals surface area contributed by atoms with Crippen LogP contribution in [-0.2, 0) is 9.53 Å². The van der Waals surface area contributed by atoms with Crippen molar-refractivity contribution in [3.05, 3.63) is 37.1 Å². The number of primary amides is 1. The molecule has 0 heterocycles. The molecule has 98 valence electrons. The first kappa shape index (κ1) is 17.9. The number of carbonyl (C=O) groups excluding carboxylic acids is 1. The molecule has 3 nitrogen and oxygen atoms in total. The Kier molecular flexibility index (Phi) is 15.2. The van der Waals surface area contributed by atoms with Crippen LogP contribution >= 0.6 is 0 Å². The topological polar surface area (TPSA) is 52.3 Å². The molecule has 0 aliphatic rings. The van der Waals surface area contributed by atoms with Gasteiger partial charge in [-0.15, -0.1) is 0 Å². The van der Waals surface area contributed by atoms with E-state index in [1.165, 1.54) is 0 Å². The van der Waals surface area contributed by atoms with Gasteiger partial charge in [-0.05, 0) is 25.3 Å². The highest BCUT2D eigenvalue weighted by atomic mass is 16.5. The number of rotatable bonds is 9. The SMILES string of the molecule is C=C/C=C\C(=C)OCCCCCC(N)=O.CC. The number of ether oxygens (including phenoxy) is 1. The highest BCUT2D eigenvalue weighted by Gasteiger charge is 1.95. The largest absolute Gasteiger partial charge is 0.494 e. The van der Waals surface area contributed by atoms with Gasteiger partial charge < -0.3 is 10.5 Å². The first-order valence-corrected chi connectivity index (χ1v) is 6.06. The standard InChI is InChI=1S/C12H19NO2.C2H6/c1-3-4-8-11(2)15-10-7-5-6-9-12(13)14;1-2/h3-4,8H,1-2,5-7,9-10H2,(H2,13,14);1-2H3/b8-4-;. The lowest BCUT2D eigenvalue weighted by Gasteiger charge is -2.04. The summed E-state index contributed by atoms with van der Waals surface area (Å²) in [6.07, 6.45) is 8.34. The summed E-state index contributed by atoms with van der Waals surface area (Å²) >= 11 is 0. The Balaban J connectivity index is 0. The maximum atomic E-state index is 10.4. The van der Waals surface area contributed by atoms with Crippen LogP contribution in [0.4, 0.5) is 0 Å². The first-order chi connectivity index (χ1) is 8.16. The van der Waals surface area contributed by atoms with E-state index in [2.05, 4.69) is 13.2 Å². The fourth-order valence-corrected chi connectivity index (χ4v) is 1.00. The van der Waals surface area contributed by atoms with E-state index in [4.69, 9.17) is 10.5 Å². The molecule has 0 aromatic heterocycles. The van der Waals surface area contributed by atoms with Gasteiger partial charge in [0.25, 0.3) is 0 Å². The minimum Gasteiger partial charge on any atom is -0.494 e. The van der Waals surface area contributed by atoms with Gasteiger partial charge in [-0.1, -0.05) is 39.2 Å². The molecule has 0 aromatic rings.